The van der Waals surface area contributed by atoms with Crippen LogP contribution in [0, 0.1) is 6.92 Å². The van der Waals surface area contributed by atoms with Crippen LogP contribution in [-0.2, 0) is 4.74 Å². The largest absolute Gasteiger partial charge is 0.464 e. The Balaban J connectivity index is 2.22. The quantitative estimate of drug-likeness (QED) is 0.777. The van der Waals surface area contributed by atoms with Gasteiger partial charge in [0.1, 0.15) is 11.5 Å². The fourth-order valence-electron chi connectivity index (χ4n) is 1.51. The number of pyridine rings is 1. The monoisotopic (exact) mass is 243 g/mol. The molecule has 0 unspecified atom stereocenters. The van der Waals surface area contributed by atoms with Crippen molar-refractivity contribution in [3.63, 3.8) is 0 Å². The third-order valence-electron chi connectivity index (χ3n) is 2.35. The van der Waals surface area contributed by atoms with E-state index in [1.807, 2.05) is 31.2 Å². The summed E-state index contributed by atoms with van der Waals surface area (Å²) < 4.78 is 10.3. The van der Waals surface area contributed by atoms with E-state index in [4.69, 9.17) is 4.74 Å². The number of aryl methyl sites for hydroxylation is 1. The first-order valence-electron chi connectivity index (χ1n) is 5.48. The molecule has 4 heteroatoms. The highest BCUT2D eigenvalue weighted by molar-refractivity contribution is 5.87. The molecule has 0 amide bonds. The molecule has 18 heavy (non-hydrogen) atoms. The Morgan fingerprint density at radius 2 is 1.94 bits per heavy atom. The van der Waals surface area contributed by atoms with E-state index in [0.29, 0.717) is 5.75 Å². The molecule has 0 saturated carbocycles. The van der Waals surface area contributed by atoms with Crippen molar-refractivity contribution in [1.82, 2.24) is 4.98 Å². The van der Waals surface area contributed by atoms with Crippen LogP contribution in [0.2, 0.25) is 0 Å². The average Bonchev–Trinajstić information content (AvgIpc) is 2.38. The maximum absolute atomic E-state index is 11.3. The van der Waals surface area contributed by atoms with Crippen molar-refractivity contribution in [2.75, 3.05) is 7.11 Å². The summed E-state index contributed by atoms with van der Waals surface area (Å²) in [7, 11) is 1.32. The van der Waals surface area contributed by atoms with Gasteiger partial charge in [0.05, 0.1) is 7.11 Å². The van der Waals surface area contributed by atoms with Gasteiger partial charge >= 0.3 is 5.97 Å². The van der Waals surface area contributed by atoms with Crippen LogP contribution in [0.15, 0.2) is 42.6 Å². The van der Waals surface area contributed by atoms with Crippen LogP contribution in [-0.4, -0.2) is 18.1 Å². The molecule has 0 saturated heterocycles. The molecule has 0 bridgehead atoms. The third kappa shape index (κ3) is 2.85. The first kappa shape index (κ1) is 12.1. The van der Waals surface area contributed by atoms with Crippen LogP contribution >= 0.6 is 0 Å². The Kier molecular flexibility index (Phi) is 3.57. The van der Waals surface area contributed by atoms with Crippen molar-refractivity contribution < 1.29 is 14.3 Å². The Morgan fingerprint density at radius 3 is 2.67 bits per heavy atom. The maximum atomic E-state index is 11.3. The lowest BCUT2D eigenvalue weighted by Crippen LogP contribution is -2.03. The zero-order valence-electron chi connectivity index (χ0n) is 10.2. The second kappa shape index (κ2) is 5.31. The number of carbonyl (C=O) groups excluding carboxylic acids is 1. The molecule has 0 fully saturated rings. The van der Waals surface area contributed by atoms with Gasteiger partial charge in [-0.2, -0.15) is 0 Å². The molecule has 0 aliphatic heterocycles. The molecule has 1 aromatic heterocycles. The van der Waals surface area contributed by atoms with Crippen molar-refractivity contribution in [2.45, 2.75) is 6.92 Å². The number of hydrogen-bond donors (Lipinski definition) is 0. The second-order valence-electron chi connectivity index (χ2n) is 3.79. The standard InChI is InChI=1S/C14H13NO3/c1-10-4-3-5-11(8-10)18-12-6-7-15-13(9-12)14(16)17-2/h3-9H,1-2H3. The van der Waals surface area contributed by atoms with Gasteiger partial charge in [-0.25, -0.2) is 9.78 Å². The van der Waals surface area contributed by atoms with Crippen LogP contribution in [0.1, 0.15) is 16.1 Å². The molecular formula is C14H13NO3. The maximum Gasteiger partial charge on any atom is 0.356 e. The molecule has 0 aliphatic rings. The molecule has 2 aromatic rings. The number of rotatable bonds is 3. The summed E-state index contributed by atoms with van der Waals surface area (Å²) >= 11 is 0. The lowest BCUT2D eigenvalue weighted by molar-refractivity contribution is 0.0593. The van der Waals surface area contributed by atoms with E-state index in [2.05, 4.69) is 9.72 Å². The van der Waals surface area contributed by atoms with Gasteiger partial charge in [0.25, 0.3) is 0 Å². The normalized spacial score (nSPS) is 9.89. The minimum atomic E-state index is -0.482. The van der Waals surface area contributed by atoms with E-state index in [1.54, 1.807) is 12.1 Å². The number of methoxy groups -OCH3 is 1. The van der Waals surface area contributed by atoms with Gasteiger partial charge < -0.3 is 9.47 Å². The smallest absolute Gasteiger partial charge is 0.356 e. The van der Waals surface area contributed by atoms with Gasteiger partial charge in [0, 0.05) is 12.3 Å². The highest BCUT2D eigenvalue weighted by Gasteiger charge is 2.08. The molecule has 1 heterocycles. The zero-order valence-corrected chi connectivity index (χ0v) is 10.2. The van der Waals surface area contributed by atoms with Crippen LogP contribution in [0.5, 0.6) is 11.5 Å². The predicted molar refractivity (Wildman–Crippen MR) is 66.8 cm³/mol. The number of esters is 1. The molecule has 0 aliphatic carbocycles. The lowest BCUT2D eigenvalue weighted by Gasteiger charge is -2.07. The molecule has 1 aromatic carbocycles. The van der Waals surface area contributed by atoms with Gasteiger partial charge in [-0.15, -0.1) is 0 Å². The van der Waals surface area contributed by atoms with Crippen LogP contribution in [0.3, 0.4) is 0 Å². The van der Waals surface area contributed by atoms with Gasteiger partial charge in [0.2, 0.25) is 0 Å². The number of hydrogen-bond acceptors (Lipinski definition) is 4. The van der Waals surface area contributed by atoms with Gasteiger partial charge in [-0.05, 0) is 30.7 Å². The second-order valence-corrected chi connectivity index (χ2v) is 3.79. The Bertz CT molecular complexity index is 566. The van der Waals surface area contributed by atoms with Crippen molar-refractivity contribution in [3.8, 4) is 11.5 Å². The molecular weight excluding hydrogens is 230 g/mol. The Hall–Kier alpha value is -2.36. The highest BCUT2D eigenvalue weighted by atomic mass is 16.5. The first-order chi connectivity index (χ1) is 8.69. The molecule has 92 valence electrons. The summed E-state index contributed by atoms with van der Waals surface area (Å²) in [4.78, 5) is 15.2. The van der Waals surface area contributed by atoms with E-state index < -0.39 is 5.97 Å². The summed E-state index contributed by atoms with van der Waals surface area (Å²) in [6.07, 6.45) is 1.51. The third-order valence-corrected chi connectivity index (χ3v) is 2.35. The molecule has 0 radical (unpaired) electrons. The molecule has 2 rings (SSSR count). The first-order valence-corrected chi connectivity index (χ1v) is 5.48. The number of nitrogens with zero attached hydrogens (tertiary/aromatic N) is 1. The van der Waals surface area contributed by atoms with E-state index >= 15 is 0 Å². The fraction of sp³-hybridized carbons (Fsp3) is 0.143. The van der Waals surface area contributed by atoms with E-state index in [1.165, 1.54) is 13.3 Å². The summed E-state index contributed by atoms with van der Waals surface area (Å²) in [6.45, 7) is 1.99. The topological polar surface area (TPSA) is 48.4 Å². The predicted octanol–water partition coefficient (Wildman–Crippen LogP) is 2.97. The summed E-state index contributed by atoms with van der Waals surface area (Å²) in [5.41, 5.74) is 1.33. The summed E-state index contributed by atoms with van der Waals surface area (Å²) in [6, 6.07) is 10.9. The summed E-state index contributed by atoms with van der Waals surface area (Å²) in [5, 5.41) is 0. The van der Waals surface area contributed by atoms with E-state index in [0.717, 1.165) is 11.3 Å². The van der Waals surface area contributed by atoms with Crippen molar-refractivity contribution in [1.29, 1.82) is 0 Å². The van der Waals surface area contributed by atoms with Crippen LogP contribution < -0.4 is 4.74 Å². The summed E-state index contributed by atoms with van der Waals surface area (Å²) in [5.74, 6) is 0.790. The van der Waals surface area contributed by atoms with Gasteiger partial charge in [-0.1, -0.05) is 12.1 Å². The number of carbonyl (C=O) groups is 1. The Labute approximate surface area is 105 Å². The van der Waals surface area contributed by atoms with Crippen molar-refractivity contribution in [2.24, 2.45) is 0 Å². The fourth-order valence-corrected chi connectivity index (χ4v) is 1.51. The Morgan fingerprint density at radius 1 is 1.17 bits per heavy atom. The zero-order chi connectivity index (χ0) is 13.0. The van der Waals surface area contributed by atoms with Crippen LogP contribution in [0.4, 0.5) is 0 Å². The van der Waals surface area contributed by atoms with Crippen molar-refractivity contribution in [3.05, 3.63) is 53.9 Å². The number of benzene rings is 1. The lowest BCUT2D eigenvalue weighted by atomic mass is 10.2. The minimum absolute atomic E-state index is 0.225. The molecule has 0 spiro atoms. The van der Waals surface area contributed by atoms with Crippen LogP contribution in [0.25, 0.3) is 0 Å². The SMILES string of the molecule is COC(=O)c1cc(Oc2cccc(C)c2)ccn1. The van der Waals surface area contributed by atoms with E-state index in [9.17, 15) is 4.79 Å². The highest BCUT2D eigenvalue weighted by Crippen LogP contribution is 2.22. The van der Waals surface area contributed by atoms with Gasteiger partial charge in [0.15, 0.2) is 5.69 Å². The average molecular weight is 243 g/mol. The number of aromatic nitrogens is 1. The van der Waals surface area contributed by atoms with Gasteiger partial charge in [-0.3, -0.25) is 0 Å². The molecule has 0 atom stereocenters. The molecule has 4 nitrogen and oxygen atoms in total. The minimum Gasteiger partial charge on any atom is -0.464 e. The van der Waals surface area contributed by atoms with E-state index in [-0.39, 0.29) is 5.69 Å². The molecule has 0 N–H and O–H groups in total. The van der Waals surface area contributed by atoms with Crippen molar-refractivity contribution >= 4 is 5.97 Å². The number of ether oxygens (including phenoxy) is 2.